The summed E-state index contributed by atoms with van der Waals surface area (Å²) in [5.74, 6) is 0.543. The van der Waals surface area contributed by atoms with Gasteiger partial charge in [0.1, 0.15) is 5.75 Å². The van der Waals surface area contributed by atoms with Crippen molar-refractivity contribution in [3.63, 3.8) is 0 Å². The maximum absolute atomic E-state index is 12.7. The number of carbonyl (C=O) groups excluding carboxylic acids is 1. The van der Waals surface area contributed by atoms with E-state index < -0.39 is 0 Å². The Morgan fingerprint density at radius 1 is 1.20 bits per heavy atom. The van der Waals surface area contributed by atoms with Gasteiger partial charge in [-0.05, 0) is 42.8 Å². The van der Waals surface area contributed by atoms with Crippen LogP contribution in [0, 0.1) is 6.92 Å². The fourth-order valence-corrected chi connectivity index (χ4v) is 3.21. The van der Waals surface area contributed by atoms with Crippen LogP contribution in [-0.4, -0.2) is 39.3 Å². The molecule has 25 heavy (non-hydrogen) atoms. The predicted molar refractivity (Wildman–Crippen MR) is 103 cm³/mol. The van der Waals surface area contributed by atoms with Gasteiger partial charge in [-0.1, -0.05) is 22.0 Å². The molecular formula is C19H21BrN2O3. The molecule has 1 aliphatic rings. The van der Waals surface area contributed by atoms with Gasteiger partial charge < -0.3 is 19.7 Å². The monoisotopic (exact) mass is 404 g/mol. The number of morpholine rings is 1. The molecule has 0 unspecified atom stereocenters. The van der Waals surface area contributed by atoms with Gasteiger partial charge in [0.2, 0.25) is 0 Å². The third-order valence-corrected chi connectivity index (χ3v) is 4.72. The third kappa shape index (κ3) is 4.14. The molecule has 1 heterocycles. The minimum absolute atomic E-state index is 0.161. The van der Waals surface area contributed by atoms with Crippen molar-refractivity contribution < 1.29 is 14.3 Å². The number of anilines is 2. The lowest BCUT2D eigenvalue weighted by atomic mass is 10.1. The molecule has 2 aromatic rings. The van der Waals surface area contributed by atoms with E-state index in [9.17, 15) is 4.79 Å². The summed E-state index contributed by atoms with van der Waals surface area (Å²) in [6.45, 7) is 4.95. The minimum Gasteiger partial charge on any atom is -0.496 e. The number of ether oxygens (including phenoxy) is 2. The normalized spacial score (nSPS) is 14.3. The molecule has 1 saturated heterocycles. The van der Waals surface area contributed by atoms with E-state index in [0.29, 0.717) is 24.5 Å². The van der Waals surface area contributed by atoms with Crippen LogP contribution in [0.25, 0.3) is 0 Å². The quantitative estimate of drug-likeness (QED) is 0.840. The van der Waals surface area contributed by atoms with E-state index in [1.807, 2.05) is 31.2 Å². The molecule has 1 fully saturated rings. The molecule has 5 nitrogen and oxygen atoms in total. The van der Waals surface area contributed by atoms with Gasteiger partial charge in [-0.2, -0.15) is 0 Å². The fraction of sp³-hybridized carbons (Fsp3) is 0.316. The van der Waals surface area contributed by atoms with Crippen LogP contribution in [-0.2, 0) is 4.74 Å². The van der Waals surface area contributed by atoms with Crippen molar-refractivity contribution in [2.45, 2.75) is 6.92 Å². The van der Waals surface area contributed by atoms with Gasteiger partial charge in [0.15, 0.2) is 0 Å². The van der Waals surface area contributed by atoms with Crippen LogP contribution in [0.2, 0.25) is 0 Å². The topological polar surface area (TPSA) is 50.8 Å². The predicted octanol–water partition coefficient (Wildman–Crippen LogP) is 3.86. The number of nitrogens with one attached hydrogen (secondary N) is 1. The highest BCUT2D eigenvalue weighted by Crippen LogP contribution is 2.31. The van der Waals surface area contributed by atoms with Gasteiger partial charge >= 0.3 is 0 Å². The highest BCUT2D eigenvalue weighted by molar-refractivity contribution is 9.10. The molecule has 1 amide bonds. The SMILES string of the molecule is COc1cc(C(=O)Nc2cc(Br)ccc2N2CCOCC2)ccc1C. The lowest BCUT2D eigenvalue weighted by Gasteiger charge is -2.30. The molecule has 132 valence electrons. The summed E-state index contributed by atoms with van der Waals surface area (Å²) in [7, 11) is 1.61. The molecule has 0 aliphatic carbocycles. The van der Waals surface area contributed by atoms with Gasteiger partial charge in [0.25, 0.3) is 5.91 Å². The molecule has 2 aromatic carbocycles. The van der Waals surface area contributed by atoms with Crippen LogP contribution in [0.5, 0.6) is 5.75 Å². The number of amides is 1. The van der Waals surface area contributed by atoms with Crippen LogP contribution in [0.4, 0.5) is 11.4 Å². The summed E-state index contributed by atoms with van der Waals surface area (Å²) in [5, 5.41) is 3.03. The minimum atomic E-state index is -0.161. The molecule has 0 saturated carbocycles. The lowest BCUT2D eigenvalue weighted by molar-refractivity contribution is 0.102. The van der Waals surface area contributed by atoms with Crippen LogP contribution >= 0.6 is 15.9 Å². The summed E-state index contributed by atoms with van der Waals surface area (Å²) in [5.41, 5.74) is 3.34. The maximum atomic E-state index is 12.7. The molecule has 6 heteroatoms. The Labute approximate surface area is 156 Å². The third-order valence-electron chi connectivity index (χ3n) is 4.23. The number of nitrogens with zero attached hydrogens (tertiary/aromatic N) is 1. The number of rotatable bonds is 4. The summed E-state index contributed by atoms with van der Waals surface area (Å²) in [6.07, 6.45) is 0. The van der Waals surface area contributed by atoms with E-state index in [-0.39, 0.29) is 5.91 Å². The van der Waals surface area contributed by atoms with Crippen LogP contribution in [0.15, 0.2) is 40.9 Å². The fourth-order valence-electron chi connectivity index (χ4n) is 2.84. The van der Waals surface area contributed by atoms with Gasteiger partial charge in [-0.15, -0.1) is 0 Å². The number of hydrogen-bond donors (Lipinski definition) is 1. The van der Waals surface area contributed by atoms with Gasteiger partial charge in [0.05, 0.1) is 31.7 Å². The van der Waals surface area contributed by atoms with E-state index in [2.05, 4.69) is 26.1 Å². The highest BCUT2D eigenvalue weighted by atomic mass is 79.9. The summed E-state index contributed by atoms with van der Waals surface area (Å²) in [4.78, 5) is 14.9. The van der Waals surface area contributed by atoms with Crippen LogP contribution < -0.4 is 15.0 Å². The average molecular weight is 405 g/mol. The number of hydrogen-bond acceptors (Lipinski definition) is 4. The Morgan fingerprint density at radius 2 is 1.96 bits per heavy atom. The lowest BCUT2D eigenvalue weighted by Crippen LogP contribution is -2.36. The van der Waals surface area contributed by atoms with Crippen LogP contribution in [0.3, 0.4) is 0 Å². The Bertz CT molecular complexity index is 773. The number of benzene rings is 2. The Balaban J connectivity index is 1.86. The van der Waals surface area contributed by atoms with E-state index in [0.717, 1.165) is 34.5 Å². The molecule has 1 aliphatic heterocycles. The van der Waals surface area contributed by atoms with E-state index in [1.54, 1.807) is 19.2 Å². The van der Waals surface area contributed by atoms with Gasteiger partial charge in [0, 0.05) is 23.1 Å². The number of methoxy groups -OCH3 is 1. The van der Waals surface area contributed by atoms with Crippen molar-refractivity contribution >= 4 is 33.2 Å². The van der Waals surface area contributed by atoms with Crippen molar-refractivity contribution in [3.05, 3.63) is 52.0 Å². The molecule has 1 N–H and O–H groups in total. The summed E-state index contributed by atoms with van der Waals surface area (Å²) < 4.78 is 11.7. The second kappa shape index (κ2) is 7.89. The number of carbonyl (C=O) groups is 1. The highest BCUT2D eigenvalue weighted by Gasteiger charge is 2.17. The maximum Gasteiger partial charge on any atom is 0.255 e. The summed E-state index contributed by atoms with van der Waals surface area (Å²) >= 11 is 3.48. The molecule has 0 radical (unpaired) electrons. The second-order valence-electron chi connectivity index (χ2n) is 5.90. The van der Waals surface area contributed by atoms with E-state index >= 15 is 0 Å². The number of aryl methyl sites for hydroxylation is 1. The first-order chi connectivity index (χ1) is 12.1. The standard InChI is InChI=1S/C19H21BrN2O3/c1-13-3-4-14(11-18(13)24-2)19(23)21-16-12-15(20)5-6-17(16)22-7-9-25-10-8-22/h3-6,11-12H,7-10H2,1-2H3,(H,21,23). The van der Waals surface area contributed by atoms with Crippen molar-refractivity contribution in [3.8, 4) is 5.75 Å². The molecule has 0 bridgehead atoms. The second-order valence-corrected chi connectivity index (χ2v) is 6.82. The molecule has 3 rings (SSSR count). The zero-order chi connectivity index (χ0) is 17.8. The number of halogens is 1. The first-order valence-electron chi connectivity index (χ1n) is 8.16. The zero-order valence-corrected chi connectivity index (χ0v) is 15.9. The molecule has 0 aromatic heterocycles. The van der Waals surface area contributed by atoms with Crippen molar-refractivity contribution in [2.75, 3.05) is 43.6 Å². The van der Waals surface area contributed by atoms with Crippen LogP contribution in [0.1, 0.15) is 15.9 Å². The Morgan fingerprint density at radius 3 is 2.68 bits per heavy atom. The van der Waals surface area contributed by atoms with Crippen molar-refractivity contribution in [2.24, 2.45) is 0 Å². The molecular weight excluding hydrogens is 384 g/mol. The molecule has 0 atom stereocenters. The molecule has 0 spiro atoms. The Kier molecular flexibility index (Phi) is 5.60. The van der Waals surface area contributed by atoms with Gasteiger partial charge in [-0.25, -0.2) is 0 Å². The summed E-state index contributed by atoms with van der Waals surface area (Å²) in [6, 6.07) is 11.4. The zero-order valence-electron chi connectivity index (χ0n) is 14.3. The smallest absolute Gasteiger partial charge is 0.255 e. The first kappa shape index (κ1) is 17.8. The largest absolute Gasteiger partial charge is 0.496 e. The van der Waals surface area contributed by atoms with E-state index in [1.165, 1.54) is 0 Å². The first-order valence-corrected chi connectivity index (χ1v) is 8.96. The Hall–Kier alpha value is -2.05. The average Bonchev–Trinajstić information content (AvgIpc) is 2.63. The van der Waals surface area contributed by atoms with Crippen molar-refractivity contribution in [1.82, 2.24) is 0 Å². The van der Waals surface area contributed by atoms with Gasteiger partial charge in [-0.3, -0.25) is 4.79 Å². The van der Waals surface area contributed by atoms with Crippen molar-refractivity contribution in [1.29, 1.82) is 0 Å². The van der Waals surface area contributed by atoms with E-state index in [4.69, 9.17) is 9.47 Å².